The second-order valence-electron chi connectivity index (χ2n) is 7.44. The summed E-state index contributed by atoms with van der Waals surface area (Å²) in [4.78, 5) is 27.7. The standard InChI is InChI=1S/C20H28FN3O2S2/c21-16-5-7-17(8-6-16)22-19(25)15-23-10-12-24(13-11-23)20(26)4-2-1-3-18-9-14-27-28-18/h5-8,18H,1-4,9-15H2,(H,22,25)/p+1/t18-/m1/s1. The van der Waals surface area contributed by atoms with Crippen molar-refractivity contribution in [3.63, 3.8) is 0 Å². The van der Waals surface area contributed by atoms with Gasteiger partial charge in [-0.1, -0.05) is 28.0 Å². The van der Waals surface area contributed by atoms with Gasteiger partial charge in [0.2, 0.25) is 5.91 Å². The number of unbranched alkanes of at least 4 members (excludes halogenated alkanes) is 1. The number of nitrogens with zero attached hydrogens (tertiary/aromatic N) is 1. The Morgan fingerprint density at radius 3 is 2.61 bits per heavy atom. The van der Waals surface area contributed by atoms with Crippen LogP contribution in [0.4, 0.5) is 10.1 Å². The zero-order chi connectivity index (χ0) is 19.8. The van der Waals surface area contributed by atoms with E-state index < -0.39 is 0 Å². The zero-order valence-corrected chi connectivity index (χ0v) is 17.8. The molecule has 3 rings (SSSR count). The number of piperazine rings is 1. The highest BCUT2D eigenvalue weighted by atomic mass is 33.1. The molecule has 1 aromatic carbocycles. The molecule has 0 aliphatic carbocycles. The maximum absolute atomic E-state index is 12.9. The van der Waals surface area contributed by atoms with E-state index in [0.29, 0.717) is 31.7 Å². The predicted molar refractivity (Wildman–Crippen MR) is 114 cm³/mol. The maximum Gasteiger partial charge on any atom is 0.279 e. The molecule has 0 bridgehead atoms. The summed E-state index contributed by atoms with van der Waals surface area (Å²) < 4.78 is 12.9. The summed E-state index contributed by atoms with van der Waals surface area (Å²) >= 11 is 0. The van der Waals surface area contributed by atoms with Crippen molar-refractivity contribution in [3.8, 4) is 0 Å². The largest absolute Gasteiger partial charge is 0.331 e. The molecule has 1 aromatic rings. The Hall–Kier alpha value is -1.25. The predicted octanol–water partition coefficient (Wildman–Crippen LogP) is 2.21. The Morgan fingerprint density at radius 2 is 1.93 bits per heavy atom. The van der Waals surface area contributed by atoms with E-state index in [1.54, 1.807) is 12.1 Å². The van der Waals surface area contributed by atoms with Crippen molar-refractivity contribution < 1.29 is 18.9 Å². The van der Waals surface area contributed by atoms with Gasteiger partial charge in [0, 0.05) is 23.1 Å². The molecule has 0 aromatic heterocycles. The van der Waals surface area contributed by atoms with Gasteiger partial charge in [-0.2, -0.15) is 0 Å². The molecule has 2 saturated heterocycles. The number of rotatable bonds is 8. The van der Waals surface area contributed by atoms with E-state index >= 15 is 0 Å². The summed E-state index contributed by atoms with van der Waals surface area (Å²) in [5, 5.41) is 3.58. The van der Waals surface area contributed by atoms with Gasteiger partial charge in [0.1, 0.15) is 5.82 Å². The van der Waals surface area contributed by atoms with Crippen molar-refractivity contribution in [2.24, 2.45) is 0 Å². The smallest absolute Gasteiger partial charge is 0.279 e. The topological polar surface area (TPSA) is 53.9 Å². The molecule has 0 radical (unpaired) electrons. The molecule has 5 nitrogen and oxygen atoms in total. The van der Waals surface area contributed by atoms with Crippen LogP contribution in [0.2, 0.25) is 0 Å². The summed E-state index contributed by atoms with van der Waals surface area (Å²) in [5.74, 6) is 1.12. The average Bonchev–Trinajstić information content (AvgIpc) is 3.21. The Labute approximate surface area is 174 Å². The van der Waals surface area contributed by atoms with E-state index in [9.17, 15) is 14.0 Å². The number of hydrogen-bond donors (Lipinski definition) is 2. The second kappa shape index (κ2) is 11.1. The SMILES string of the molecule is O=C(C[NH+]1CCN(C(=O)CCCC[C@@H]2CCSS2)CC1)Nc1ccc(F)cc1. The number of nitrogens with one attached hydrogen (secondary N) is 2. The van der Waals surface area contributed by atoms with Crippen LogP contribution in [0.5, 0.6) is 0 Å². The highest BCUT2D eigenvalue weighted by molar-refractivity contribution is 8.77. The van der Waals surface area contributed by atoms with Crippen LogP contribution in [-0.4, -0.2) is 60.4 Å². The first-order chi connectivity index (χ1) is 13.6. The lowest BCUT2D eigenvalue weighted by Crippen LogP contribution is -3.15. The van der Waals surface area contributed by atoms with Gasteiger partial charge in [0.25, 0.3) is 5.91 Å². The molecule has 154 valence electrons. The number of anilines is 1. The van der Waals surface area contributed by atoms with Crippen LogP contribution in [0.15, 0.2) is 24.3 Å². The van der Waals surface area contributed by atoms with Gasteiger partial charge in [-0.15, -0.1) is 0 Å². The average molecular weight is 427 g/mol. The third kappa shape index (κ3) is 6.97. The molecule has 2 N–H and O–H groups in total. The quantitative estimate of drug-likeness (QED) is 0.494. The van der Waals surface area contributed by atoms with E-state index in [1.165, 1.54) is 35.6 Å². The lowest BCUT2D eigenvalue weighted by Gasteiger charge is -2.32. The summed E-state index contributed by atoms with van der Waals surface area (Å²) in [6.45, 7) is 3.38. The molecule has 2 aliphatic heterocycles. The van der Waals surface area contributed by atoms with Gasteiger partial charge >= 0.3 is 0 Å². The molecule has 2 amide bonds. The van der Waals surface area contributed by atoms with Crippen LogP contribution in [0.3, 0.4) is 0 Å². The maximum atomic E-state index is 12.9. The molecular weight excluding hydrogens is 397 g/mol. The van der Waals surface area contributed by atoms with Gasteiger partial charge in [-0.3, -0.25) is 9.59 Å². The molecule has 0 spiro atoms. The second-order valence-corrected chi connectivity index (χ2v) is 10.2. The number of benzene rings is 1. The van der Waals surface area contributed by atoms with E-state index in [-0.39, 0.29) is 17.6 Å². The number of amides is 2. The minimum atomic E-state index is -0.319. The Kier molecular flexibility index (Phi) is 8.48. The van der Waals surface area contributed by atoms with Crippen LogP contribution < -0.4 is 10.2 Å². The van der Waals surface area contributed by atoms with Gasteiger partial charge < -0.3 is 15.1 Å². The number of hydrogen-bond acceptors (Lipinski definition) is 4. The number of quaternary nitrogens is 1. The van der Waals surface area contributed by atoms with Crippen molar-refractivity contribution in [1.29, 1.82) is 0 Å². The number of carbonyl (C=O) groups excluding carboxylic acids is 2. The lowest BCUT2D eigenvalue weighted by atomic mass is 10.1. The lowest BCUT2D eigenvalue weighted by molar-refractivity contribution is -0.895. The fourth-order valence-electron chi connectivity index (χ4n) is 3.59. The zero-order valence-electron chi connectivity index (χ0n) is 16.1. The molecule has 0 unspecified atom stereocenters. The third-order valence-corrected chi connectivity index (χ3v) is 8.26. The van der Waals surface area contributed by atoms with E-state index in [1.807, 2.05) is 26.5 Å². The molecule has 2 heterocycles. The summed E-state index contributed by atoms with van der Waals surface area (Å²) in [7, 11) is 3.97. The van der Waals surface area contributed by atoms with Crippen molar-refractivity contribution in [2.75, 3.05) is 43.8 Å². The third-order valence-electron chi connectivity index (χ3n) is 5.26. The van der Waals surface area contributed by atoms with Gasteiger partial charge in [-0.05, 0) is 43.5 Å². The minimum absolute atomic E-state index is 0.0793. The van der Waals surface area contributed by atoms with Crippen LogP contribution in [0.1, 0.15) is 32.1 Å². The molecule has 28 heavy (non-hydrogen) atoms. The molecule has 2 fully saturated rings. The number of halogens is 1. The number of carbonyl (C=O) groups is 2. The Morgan fingerprint density at radius 1 is 1.18 bits per heavy atom. The fraction of sp³-hybridized carbons (Fsp3) is 0.600. The molecule has 1 atom stereocenters. The minimum Gasteiger partial charge on any atom is -0.331 e. The highest BCUT2D eigenvalue weighted by Crippen LogP contribution is 2.39. The van der Waals surface area contributed by atoms with Gasteiger partial charge in [0.15, 0.2) is 6.54 Å². The van der Waals surface area contributed by atoms with Crippen molar-refractivity contribution in [2.45, 2.75) is 37.4 Å². The summed E-state index contributed by atoms with van der Waals surface area (Å²) in [6, 6.07) is 5.78. The van der Waals surface area contributed by atoms with Crippen molar-refractivity contribution >= 4 is 39.1 Å². The Bertz CT molecular complexity index is 645. The monoisotopic (exact) mass is 426 g/mol. The summed E-state index contributed by atoms with van der Waals surface area (Å²) in [5.41, 5.74) is 0.606. The van der Waals surface area contributed by atoms with Crippen molar-refractivity contribution in [1.82, 2.24) is 4.90 Å². The molecule has 8 heteroatoms. The highest BCUT2D eigenvalue weighted by Gasteiger charge is 2.25. The van der Waals surface area contributed by atoms with Crippen molar-refractivity contribution in [3.05, 3.63) is 30.1 Å². The Balaban J connectivity index is 1.29. The van der Waals surface area contributed by atoms with Crippen LogP contribution in [0.25, 0.3) is 0 Å². The van der Waals surface area contributed by atoms with E-state index in [2.05, 4.69) is 5.32 Å². The van der Waals surface area contributed by atoms with E-state index in [4.69, 9.17) is 0 Å². The van der Waals surface area contributed by atoms with Gasteiger partial charge in [0.05, 0.1) is 26.2 Å². The fourth-order valence-corrected chi connectivity index (χ4v) is 6.61. The van der Waals surface area contributed by atoms with Crippen LogP contribution in [0, 0.1) is 5.82 Å². The first kappa shape index (κ1) is 21.5. The summed E-state index contributed by atoms with van der Waals surface area (Å²) in [6.07, 6.45) is 5.30. The first-order valence-corrected chi connectivity index (χ1v) is 12.4. The first-order valence-electron chi connectivity index (χ1n) is 10.0. The van der Waals surface area contributed by atoms with Crippen LogP contribution >= 0.6 is 21.6 Å². The van der Waals surface area contributed by atoms with Gasteiger partial charge in [-0.25, -0.2) is 4.39 Å². The molecular formula is C20H29FN3O2S2+. The normalized spacial score (nSPS) is 20.3. The van der Waals surface area contributed by atoms with Crippen LogP contribution in [-0.2, 0) is 9.59 Å². The van der Waals surface area contributed by atoms with E-state index in [0.717, 1.165) is 31.2 Å². The molecule has 0 saturated carbocycles. The molecule has 2 aliphatic rings.